The molecule has 1 aromatic carbocycles. The highest BCUT2D eigenvalue weighted by Crippen LogP contribution is 2.24. The van der Waals surface area contributed by atoms with Gasteiger partial charge in [0.2, 0.25) is 0 Å². The Morgan fingerprint density at radius 3 is 2.64 bits per heavy atom. The van der Waals surface area contributed by atoms with Crippen molar-refractivity contribution in [1.82, 2.24) is 0 Å². The molecule has 1 aliphatic rings. The second-order valence-corrected chi connectivity index (χ2v) is 2.97. The summed E-state index contributed by atoms with van der Waals surface area (Å²) in [5.41, 5.74) is 1.42. The molecule has 1 atom stereocenters. The highest BCUT2D eigenvalue weighted by molar-refractivity contribution is 5.19. The summed E-state index contributed by atoms with van der Waals surface area (Å²) in [6.07, 6.45) is 1.18. The van der Waals surface area contributed by atoms with Crippen LogP contribution in [-0.4, -0.2) is 13.2 Å². The van der Waals surface area contributed by atoms with Crippen LogP contribution < -0.4 is 0 Å². The minimum atomic E-state index is 0.649. The van der Waals surface area contributed by atoms with Gasteiger partial charge in [0.1, 0.15) is 0 Å². The van der Waals surface area contributed by atoms with Crippen molar-refractivity contribution in [3.63, 3.8) is 0 Å². The van der Waals surface area contributed by atoms with Gasteiger partial charge in [0.25, 0.3) is 0 Å². The molecule has 2 rings (SSSR count). The lowest BCUT2D eigenvalue weighted by Crippen LogP contribution is -1.95. The zero-order valence-corrected chi connectivity index (χ0v) is 6.49. The predicted octanol–water partition coefficient (Wildman–Crippen LogP) is 2.19. The molecule has 0 N–H and O–H groups in total. The molecule has 0 aromatic heterocycles. The van der Waals surface area contributed by atoms with Gasteiger partial charge in [0.15, 0.2) is 0 Å². The van der Waals surface area contributed by atoms with Gasteiger partial charge in [0, 0.05) is 12.5 Å². The molecule has 1 heterocycles. The highest BCUT2D eigenvalue weighted by atomic mass is 16.5. The molecule has 0 spiro atoms. The summed E-state index contributed by atoms with van der Waals surface area (Å²) in [7, 11) is 0. The molecular formula is C10H12O. The van der Waals surface area contributed by atoms with Crippen molar-refractivity contribution in [2.24, 2.45) is 0 Å². The zero-order chi connectivity index (χ0) is 7.52. The van der Waals surface area contributed by atoms with Crippen LogP contribution in [0.15, 0.2) is 30.3 Å². The number of hydrogen-bond donors (Lipinski definition) is 0. The predicted molar refractivity (Wildman–Crippen MR) is 44.6 cm³/mol. The van der Waals surface area contributed by atoms with Crippen LogP contribution in [0.25, 0.3) is 0 Å². The molecule has 58 valence electrons. The van der Waals surface area contributed by atoms with E-state index in [-0.39, 0.29) is 0 Å². The Bertz CT molecular complexity index is 212. The van der Waals surface area contributed by atoms with Gasteiger partial charge >= 0.3 is 0 Å². The van der Waals surface area contributed by atoms with E-state index in [9.17, 15) is 0 Å². The molecule has 0 amide bonds. The molecule has 0 radical (unpaired) electrons. The molecule has 1 heteroatoms. The minimum Gasteiger partial charge on any atom is -0.381 e. The maximum atomic E-state index is 5.31. The Labute approximate surface area is 67.0 Å². The summed E-state index contributed by atoms with van der Waals surface area (Å²) >= 11 is 0. The van der Waals surface area contributed by atoms with Crippen molar-refractivity contribution >= 4 is 0 Å². The van der Waals surface area contributed by atoms with Gasteiger partial charge in [0.05, 0.1) is 6.61 Å². The summed E-state index contributed by atoms with van der Waals surface area (Å²) in [6, 6.07) is 10.6. The maximum absolute atomic E-state index is 5.31. The molecular weight excluding hydrogens is 136 g/mol. The average Bonchev–Trinajstić information content (AvgIpc) is 2.58. The van der Waals surface area contributed by atoms with E-state index < -0.39 is 0 Å². The van der Waals surface area contributed by atoms with Gasteiger partial charge < -0.3 is 4.74 Å². The number of hydrogen-bond acceptors (Lipinski definition) is 1. The van der Waals surface area contributed by atoms with Crippen LogP contribution in [0.3, 0.4) is 0 Å². The molecule has 0 bridgehead atoms. The van der Waals surface area contributed by atoms with Gasteiger partial charge in [-0.05, 0) is 12.0 Å². The summed E-state index contributed by atoms with van der Waals surface area (Å²) in [5, 5.41) is 0. The minimum absolute atomic E-state index is 0.649. The molecule has 1 nitrogen and oxygen atoms in total. The normalized spacial score (nSPS) is 23.8. The third kappa shape index (κ3) is 1.43. The third-order valence-corrected chi connectivity index (χ3v) is 2.20. The Morgan fingerprint density at radius 1 is 1.18 bits per heavy atom. The summed E-state index contributed by atoms with van der Waals surface area (Å²) < 4.78 is 5.31. The van der Waals surface area contributed by atoms with Crippen LogP contribution in [0, 0.1) is 0 Å². The Balaban J connectivity index is 2.16. The van der Waals surface area contributed by atoms with Crippen LogP contribution in [0.4, 0.5) is 0 Å². The standard InChI is InChI=1S/C10H12O/c1-2-4-9(5-3-1)10-6-7-11-8-10/h1-5,10H,6-8H2. The van der Waals surface area contributed by atoms with Gasteiger partial charge in [-0.2, -0.15) is 0 Å². The molecule has 1 aliphatic heterocycles. The topological polar surface area (TPSA) is 9.23 Å². The fourth-order valence-corrected chi connectivity index (χ4v) is 1.52. The fraction of sp³-hybridized carbons (Fsp3) is 0.400. The van der Waals surface area contributed by atoms with E-state index in [1.165, 1.54) is 12.0 Å². The maximum Gasteiger partial charge on any atom is 0.0535 e. The van der Waals surface area contributed by atoms with Crippen LogP contribution >= 0.6 is 0 Å². The van der Waals surface area contributed by atoms with E-state index >= 15 is 0 Å². The zero-order valence-electron chi connectivity index (χ0n) is 6.49. The molecule has 1 unspecified atom stereocenters. The Hall–Kier alpha value is -0.820. The van der Waals surface area contributed by atoms with Crippen molar-refractivity contribution in [2.75, 3.05) is 13.2 Å². The second-order valence-electron chi connectivity index (χ2n) is 2.97. The van der Waals surface area contributed by atoms with E-state index in [0.29, 0.717) is 5.92 Å². The van der Waals surface area contributed by atoms with Crippen molar-refractivity contribution in [1.29, 1.82) is 0 Å². The smallest absolute Gasteiger partial charge is 0.0535 e. The van der Waals surface area contributed by atoms with Crippen molar-refractivity contribution < 1.29 is 4.74 Å². The first-order chi connectivity index (χ1) is 5.47. The first-order valence-electron chi connectivity index (χ1n) is 4.09. The molecule has 0 aliphatic carbocycles. The SMILES string of the molecule is c1ccc(C2CCOC2)cc1. The third-order valence-electron chi connectivity index (χ3n) is 2.20. The first kappa shape index (κ1) is 6.86. The van der Waals surface area contributed by atoms with Gasteiger partial charge in [-0.15, -0.1) is 0 Å². The van der Waals surface area contributed by atoms with Crippen LogP contribution in [0.1, 0.15) is 17.9 Å². The highest BCUT2D eigenvalue weighted by Gasteiger charge is 2.16. The first-order valence-corrected chi connectivity index (χ1v) is 4.09. The van der Waals surface area contributed by atoms with Crippen molar-refractivity contribution in [3.8, 4) is 0 Å². The number of ether oxygens (including phenoxy) is 1. The molecule has 1 fully saturated rings. The van der Waals surface area contributed by atoms with E-state index in [1.54, 1.807) is 0 Å². The van der Waals surface area contributed by atoms with Gasteiger partial charge in [-0.1, -0.05) is 30.3 Å². The summed E-state index contributed by atoms with van der Waals surface area (Å²) in [4.78, 5) is 0. The van der Waals surface area contributed by atoms with Crippen LogP contribution in [0.5, 0.6) is 0 Å². The van der Waals surface area contributed by atoms with Gasteiger partial charge in [-0.3, -0.25) is 0 Å². The molecule has 11 heavy (non-hydrogen) atoms. The van der Waals surface area contributed by atoms with E-state index in [0.717, 1.165) is 13.2 Å². The Morgan fingerprint density at radius 2 is 2.00 bits per heavy atom. The van der Waals surface area contributed by atoms with Gasteiger partial charge in [-0.25, -0.2) is 0 Å². The molecule has 1 saturated heterocycles. The Kier molecular flexibility index (Phi) is 1.91. The van der Waals surface area contributed by atoms with Crippen LogP contribution in [-0.2, 0) is 4.74 Å². The van der Waals surface area contributed by atoms with E-state index in [2.05, 4.69) is 30.3 Å². The molecule has 1 aromatic rings. The average molecular weight is 148 g/mol. The lowest BCUT2D eigenvalue weighted by Gasteiger charge is -2.05. The lowest BCUT2D eigenvalue weighted by atomic mass is 9.99. The number of rotatable bonds is 1. The van der Waals surface area contributed by atoms with Crippen molar-refractivity contribution in [2.45, 2.75) is 12.3 Å². The monoisotopic (exact) mass is 148 g/mol. The largest absolute Gasteiger partial charge is 0.381 e. The fourth-order valence-electron chi connectivity index (χ4n) is 1.52. The quantitative estimate of drug-likeness (QED) is 0.593. The number of benzene rings is 1. The van der Waals surface area contributed by atoms with E-state index in [4.69, 9.17) is 4.74 Å². The second kappa shape index (κ2) is 3.05. The summed E-state index contributed by atoms with van der Waals surface area (Å²) in [5.74, 6) is 0.649. The van der Waals surface area contributed by atoms with E-state index in [1.807, 2.05) is 0 Å². The lowest BCUT2D eigenvalue weighted by molar-refractivity contribution is 0.194. The van der Waals surface area contributed by atoms with Crippen LogP contribution in [0.2, 0.25) is 0 Å². The van der Waals surface area contributed by atoms with Crippen molar-refractivity contribution in [3.05, 3.63) is 35.9 Å². The molecule has 0 saturated carbocycles. The summed E-state index contributed by atoms with van der Waals surface area (Å²) in [6.45, 7) is 1.84.